The Hall–Kier alpha value is -0.600. The second-order valence-corrected chi connectivity index (χ2v) is 6.14. The van der Waals surface area contributed by atoms with Crippen LogP contribution in [-0.4, -0.2) is 21.1 Å². The fraction of sp³-hybridized carbons (Fsp3) is 0.400. The number of benzene rings is 1. The maximum absolute atomic E-state index is 11.9. The molecule has 8 heteroatoms. The van der Waals surface area contributed by atoms with E-state index in [1.165, 1.54) is 12.1 Å². The van der Waals surface area contributed by atoms with Gasteiger partial charge in [-0.25, -0.2) is 13.1 Å². The lowest BCUT2D eigenvalue weighted by molar-refractivity contribution is -0.135. The largest absolute Gasteiger partial charge is 0.389 e. The monoisotopic (exact) mass is 345 g/mol. The fourth-order valence-corrected chi connectivity index (χ4v) is 3.31. The Morgan fingerprint density at radius 3 is 2.39 bits per heavy atom. The van der Waals surface area contributed by atoms with Crippen LogP contribution in [0.4, 0.5) is 13.2 Å². The van der Waals surface area contributed by atoms with Crippen LogP contribution in [0.1, 0.15) is 12.8 Å². The molecule has 0 bridgehead atoms. The predicted molar refractivity (Wildman–Crippen MR) is 64.6 cm³/mol. The normalized spacial score (nSPS) is 12.7. The molecular formula is C10H11BrF3NO2S. The molecule has 0 unspecified atom stereocenters. The van der Waals surface area contributed by atoms with Gasteiger partial charge in [-0.05, 0) is 34.5 Å². The molecule has 1 aromatic carbocycles. The Bertz CT molecular complexity index is 502. The Balaban J connectivity index is 2.59. The lowest BCUT2D eigenvalue weighted by Gasteiger charge is -2.09. The molecular weight excluding hydrogens is 335 g/mol. The molecule has 0 aromatic heterocycles. The summed E-state index contributed by atoms with van der Waals surface area (Å²) < 4.78 is 61.6. The number of alkyl halides is 3. The summed E-state index contributed by atoms with van der Waals surface area (Å²) >= 11 is 3.07. The highest BCUT2D eigenvalue weighted by Crippen LogP contribution is 2.22. The zero-order valence-electron chi connectivity index (χ0n) is 9.17. The first-order valence-electron chi connectivity index (χ1n) is 5.03. The first-order valence-corrected chi connectivity index (χ1v) is 7.31. The molecule has 3 nitrogen and oxygen atoms in total. The Labute approximate surface area is 112 Å². The van der Waals surface area contributed by atoms with Crippen LogP contribution in [0.15, 0.2) is 33.6 Å². The minimum absolute atomic E-state index is 0.0111. The Morgan fingerprint density at radius 2 is 1.83 bits per heavy atom. The van der Waals surface area contributed by atoms with Gasteiger partial charge in [0, 0.05) is 17.4 Å². The highest BCUT2D eigenvalue weighted by atomic mass is 79.9. The summed E-state index contributed by atoms with van der Waals surface area (Å²) in [6.45, 7) is -0.247. The van der Waals surface area contributed by atoms with Crippen LogP contribution in [-0.2, 0) is 10.0 Å². The van der Waals surface area contributed by atoms with Gasteiger partial charge in [-0.1, -0.05) is 12.1 Å². The molecule has 0 saturated carbocycles. The van der Waals surface area contributed by atoms with Crippen molar-refractivity contribution in [2.75, 3.05) is 6.54 Å². The van der Waals surface area contributed by atoms with E-state index in [0.29, 0.717) is 4.47 Å². The van der Waals surface area contributed by atoms with Gasteiger partial charge < -0.3 is 0 Å². The van der Waals surface area contributed by atoms with Crippen molar-refractivity contribution >= 4 is 26.0 Å². The molecule has 102 valence electrons. The summed E-state index contributed by atoms with van der Waals surface area (Å²) in [5.41, 5.74) is 0. The molecule has 0 spiro atoms. The molecule has 1 aromatic rings. The zero-order valence-corrected chi connectivity index (χ0v) is 11.6. The second kappa shape index (κ2) is 6.03. The molecule has 0 heterocycles. The summed E-state index contributed by atoms with van der Waals surface area (Å²) in [5, 5.41) is 0. The lowest BCUT2D eigenvalue weighted by atomic mass is 10.3. The minimum Gasteiger partial charge on any atom is -0.211 e. The van der Waals surface area contributed by atoms with Gasteiger partial charge in [-0.15, -0.1) is 0 Å². The van der Waals surface area contributed by atoms with Crippen molar-refractivity contribution in [3.05, 3.63) is 28.7 Å². The highest BCUT2D eigenvalue weighted by molar-refractivity contribution is 9.10. The summed E-state index contributed by atoms with van der Waals surface area (Å²) in [7, 11) is -3.77. The Kier molecular flexibility index (Phi) is 5.18. The second-order valence-electron chi connectivity index (χ2n) is 3.55. The van der Waals surface area contributed by atoms with E-state index in [0.717, 1.165) is 0 Å². The number of rotatable bonds is 5. The van der Waals surface area contributed by atoms with Crippen LogP contribution in [0.3, 0.4) is 0 Å². The molecule has 0 fully saturated rings. The van der Waals surface area contributed by atoms with Crippen molar-refractivity contribution in [2.45, 2.75) is 23.9 Å². The van der Waals surface area contributed by atoms with Gasteiger partial charge in [-0.2, -0.15) is 13.2 Å². The maximum Gasteiger partial charge on any atom is 0.389 e. The van der Waals surface area contributed by atoms with E-state index in [4.69, 9.17) is 0 Å². The van der Waals surface area contributed by atoms with E-state index in [1.807, 2.05) is 0 Å². The van der Waals surface area contributed by atoms with Crippen LogP contribution in [0.5, 0.6) is 0 Å². The van der Waals surface area contributed by atoms with Crippen LogP contribution in [0.25, 0.3) is 0 Å². The molecule has 0 saturated heterocycles. The lowest BCUT2D eigenvalue weighted by Crippen LogP contribution is -2.26. The van der Waals surface area contributed by atoms with Gasteiger partial charge in [0.15, 0.2) is 0 Å². The smallest absolute Gasteiger partial charge is 0.211 e. The Morgan fingerprint density at radius 1 is 1.22 bits per heavy atom. The van der Waals surface area contributed by atoms with E-state index < -0.39 is 22.6 Å². The van der Waals surface area contributed by atoms with Crippen LogP contribution in [0, 0.1) is 0 Å². The van der Waals surface area contributed by atoms with Gasteiger partial charge in [-0.3, -0.25) is 0 Å². The number of halogens is 4. The highest BCUT2D eigenvalue weighted by Gasteiger charge is 2.26. The topological polar surface area (TPSA) is 46.2 Å². The average Bonchev–Trinajstić information content (AvgIpc) is 2.24. The van der Waals surface area contributed by atoms with Gasteiger partial charge in [0.2, 0.25) is 10.0 Å². The first-order chi connectivity index (χ1) is 8.22. The number of sulfonamides is 1. The van der Waals surface area contributed by atoms with E-state index in [-0.39, 0.29) is 17.9 Å². The SMILES string of the molecule is O=S(=O)(NCCCC(F)(F)F)c1ccccc1Br. The summed E-state index contributed by atoms with van der Waals surface area (Å²) in [5.74, 6) is 0. The molecule has 18 heavy (non-hydrogen) atoms. The molecule has 0 radical (unpaired) electrons. The standard InChI is InChI=1S/C10H11BrF3NO2S/c11-8-4-1-2-5-9(8)18(16,17)15-7-3-6-10(12,13)14/h1-2,4-5,15H,3,6-7H2. The van der Waals surface area contributed by atoms with Gasteiger partial charge >= 0.3 is 6.18 Å². The molecule has 1 rings (SSSR count). The molecule has 0 aliphatic rings. The van der Waals surface area contributed by atoms with Crippen molar-refractivity contribution in [1.29, 1.82) is 0 Å². The van der Waals surface area contributed by atoms with Gasteiger partial charge in [0.05, 0.1) is 4.90 Å². The average molecular weight is 346 g/mol. The van der Waals surface area contributed by atoms with Crippen molar-refractivity contribution < 1.29 is 21.6 Å². The van der Waals surface area contributed by atoms with Crippen LogP contribution < -0.4 is 4.72 Å². The first kappa shape index (κ1) is 15.5. The van der Waals surface area contributed by atoms with Crippen molar-refractivity contribution in [1.82, 2.24) is 4.72 Å². The molecule has 1 N–H and O–H groups in total. The van der Waals surface area contributed by atoms with Crippen molar-refractivity contribution in [3.63, 3.8) is 0 Å². The number of hydrogen-bond donors (Lipinski definition) is 1. The molecule has 0 aliphatic heterocycles. The zero-order chi connectivity index (χ0) is 13.8. The number of nitrogens with one attached hydrogen (secondary N) is 1. The van der Waals surface area contributed by atoms with E-state index in [9.17, 15) is 21.6 Å². The van der Waals surface area contributed by atoms with Crippen LogP contribution in [0.2, 0.25) is 0 Å². The summed E-state index contributed by atoms with van der Waals surface area (Å²) in [6.07, 6.45) is -5.56. The minimum atomic E-state index is -4.27. The van der Waals surface area contributed by atoms with Crippen molar-refractivity contribution in [3.8, 4) is 0 Å². The molecule has 0 amide bonds. The summed E-state index contributed by atoms with van der Waals surface area (Å²) in [4.78, 5) is 0.0111. The fourth-order valence-electron chi connectivity index (χ4n) is 1.24. The van der Waals surface area contributed by atoms with Crippen LogP contribution >= 0.6 is 15.9 Å². The van der Waals surface area contributed by atoms with E-state index in [1.54, 1.807) is 12.1 Å². The molecule has 0 atom stereocenters. The quantitative estimate of drug-likeness (QED) is 0.833. The third-order valence-electron chi connectivity index (χ3n) is 2.06. The predicted octanol–water partition coefficient (Wildman–Crippen LogP) is 3.07. The third kappa shape index (κ3) is 4.95. The van der Waals surface area contributed by atoms with Crippen molar-refractivity contribution in [2.24, 2.45) is 0 Å². The van der Waals surface area contributed by atoms with E-state index in [2.05, 4.69) is 20.7 Å². The maximum atomic E-state index is 11.9. The molecule has 0 aliphatic carbocycles. The third-order valence-corrected chi connectivity index (χ3v) is 4.53. The van der Waals surface area contributed by atoms with E-state index >= 15 is 0 Å². The summed E-state index contributed by atoms with van der Waals surface area (Å²) in [6, 6.07) is 6.10. The van der Waals surface area contributed by atoms with Gasteiger partial charge in [0.1, 0.15) is 0 Å². The van der Waals surface area contributed by atoms with Gasteiger partial charge in [0.25, 0.3) is 0 Å². The number of hydrogen-bond acceptors (Lipinski definition) is 2.